The van der Waals surface area contributed by atoms with Crippen molar-refractivity contribution in [3.63, 3.8) is 0 Å². The number of nitrogens with one attached hydrogen (secondary N) is 2. The standard InChI is InChI=1S/C17H20N2O4S/c1-12(2)11-13-3-9-16(10-4-13)24(22,23)19-15-7-5-14(6-8-15)17(20)18-21/h3-10,12,19,21H,11H2,1-2H3,(H,18,20). The molecule has 0 fully saturated rings. The maximum atomic E-state index is 12.4. The van der Waals surface area contributed by atoms with E-state index in [0.29, 0.717) is 11.6 Å². The molecule has 0 atom stereocenters. The maximum Gasteiger partial charge on any atom is 0.274 e. The molecular weight excluding hydrogens is 328 g/mol. The molecule has 0 bridgehead atoms. The zero-order chi connectivity index (χ0) is 17.7. The van der Waals surface area contributed by atoms with Crippen molar-refractivity contribution in [3.8, 4) is 0 Å². The van der Waals surface area contributed by atoms with Crippen LogP contribution in [0.3, 0.4) is 0 Å². The number of anilines is 1. The number of carbonyl (C=O) groups is 1. The van der Waals surface area contributed by atoms with Crippen LogP contribution in [0, 0.1) is 5.92 Å². The van der Waals surface area contributed by atoms with E-state index < -0.39 is 15.9 Å². The van der Waals surface area contributed by atoms with Crippen LogP contribution < -0.4 is 10.2 Å². The summed E-state index contributed by atoms with van der Waals surface area (Å²) in [6.45, 7) is 4.21. The van der Waals surface area contributed by atoms with Gasteiger partial charge >= 0.3 is 0 Å². The van der Waals surface area contributed by atoms with Crippen molar-refractivity contribution in [2.24, 2.45) is 5.92 Å². The molecule has 3 N–H and O–H groups in total. The Labute approximate surface area is 141 Å². The van der Waals surface area contributed by atoms with Crippen LogP contribution in [-0.4, -0.2) is 19.5 Å². The molecule has 0 radical (unpaired) electrons. The van der Waals surface area contributed by atoms with Crippen molar-refractivity contribution >= 4 is 21.6 Å². The highest BCUT2D eigenvalue weighted by Gasteiger charge is 2.14. The van der Waals surface area contributed by atoms with Gasteiger partial charge in [0.05, 0.1) is 4.90 Å². The van der Waals surface area contributed by atoms with E-state index in [9.17, 15) is 13.2 Å². The number of hydrogen-bond donors (Lipinski definition) is 3. The summed E-state index contributed by atoms with van der Waals surface area (Å²) in [4.78, 5) is 11.4. The van der Waals surface area contributed by atoms with Gasteiger partial charge in [-0.1, -0.05) is 26.0 Å². The topological polar surface area (TPSA) is 95.5 Å². The molecule has 0 aromatic heterocycles. The molecule has 0 aliphatic carbocycles. The highest BCUT2D eigenvalue weighted by atomic mass is 32.2. The molecule has 24 heavy (non-hydrogen) atoms. The summed E-state index contributed by atoms with van der Waals surface area (Å²) in [5.74, 6) is -0.162. The summed E-state index contributed by atoms with van der Waals surface area (Å²) >= 11 is 0. The summed E-state index contributed by atoms with van der Waals surface area (Å²) in [7, 11) is -3.70. The molecule has 0 saturated heterocycles. The second kappa shape index (κ2) is 7.46. The van der Waals surface area contributed by atoms with E-state index in [1.165, 1.54) is 29.7 Å². The lowest BCUT2D eigenvalue weighted by atomic mass is 10.0. The van der Waals surface area contributed by atoms with Crippen LogP contribution in [0.15, 0.2) is 53.4 Å². The van der Waals surface area contributed by atoms with Gasteiger partial charge in [0, 0.05) is 11.3 Å². The largest absolute Gasteiger partial charge is 0.288 e. The molecule has 0 unspecified atom stereocenters. The lowest BCUT2D eigenvalue weighted by molar-refractivity contribution is 0.0706. The van der Waals surface area contributed by atoms with E-state index in [2.05, 4.69) is 18.6 Å². The summed E-state index contributed by atoms with van der Waals surface area (Å²) in [5.41, 5.74) is 3.15. The van der Waals surface area contributed by atoms with E-state index >= 15 is 0 Å². The van der Waals surface area contributed by atoms with Crippen LogP contribution >= 0.6 is 0 Å². The molecular formula is C17H20N2O4S. The van der Waals surface area contributed by atoms with Crippen molar-refractivity contribution in [3.05, 3.63) is 59.7 Å². The minimum atomic E-state index is -3.70. The zero-order valence-electron chi connectivity index (χ0n) is 13.5. The molecule has 0 aliphatic heterocycles. The van der Waals surface area contributed by atoms with Gasteiger partial charge in [0.1, 0.15) is 0 Å². The van der Waals surface area contributed by atoms with Crippen LogP contribution in [0.25, 0.3) is 0 Å². The second-order valence-electron chi connectivity index (χ2n) is 5.87. The van der Waals surface area contributed by atoms with Gasteiger partial charge in [0.15, 0.2) is 0 Å². The van der Waals surface area contributed by atoms with E-state index in [4.69, 9.17) is 5.21 Å². The Morgan fingerprint density at radius 1 is 1.04 bits per heavy atom. The van der Waals surface area contributed by atoms with Crippen LogP contribution in [0.1, 0.15) is 29.8 Å². The monoisotopic (exact) mass is 348 g/mol. The van der Waals surface area contributed by atoms with E-state index in [0.717, 1.165) is 12.0 Å². The molecule has 0 saturated carbocycles. The highest BCUT2D eigenvalue weighted by Crippen LogP contribution is 2.18. The first kappa shape index (κ1) is 18.0. The van der Waals surface area contributed by atoms with E-state index in [1.54, 1.807) is 12.1 Å². The molecule has 0 spiro atoms. The summed E-state index contributed by atoms with van der Waals surface area (Å²) < 4.78 is 27.2. The Bertz CT molecular complexity index is 797. The van der Waals surface area contributed by atoms with Gasteiger partial charge in [0.2, 0.25) is 0 Å². The smallest absolute Gasteiger partial charge is 0.274 e. The first-order valence-electron chi connectivity index (χ1n) is 7.48. The Kier molecular flexibility index (Phi) is 5.58. The van der Waals surface area contributed by atoms with E-state index in [-0.39, 0.29) is 10.5 Å². The van der Waals surface area contributed by atoms with Crippen molar-refractivity contribution in [1.29, 1.82) is 0 Å². The normalized spacial score (nSPS) is 11.3. The molecule has 128 valence electrons. The molecule has 2 aromatic carbocycles. The van der Waals surface area contributed by atoms with Gasteiger partial charge in [-0.3, -0.25) is 14.7 Å². The predicted molar refractivity (Wildman–Crippen MR) is 91.5 cm³/mol. The molecule has 2 aromatic rings. The Morgan fingerprint density at radius 2 is 1.62 bits per heavy atom. The fourth-order valence-corrected chi connectivity index (χ4v) is 3.30. The molecule has 0 heterocycles. The molecule has 0 aliphatic rings. The third-order valence-corrected chi connectivity index (χ3v) is 4.78. The number of benzene rings is 2. The van der Waals surface area contributed by atoms with Gasteiger partial charge in [-0.05, 0) is 54.3 Å². The van der Waals surface area contributed by atoms with Gasteiger partial charge in [-0.2, -0.15) is 0 Å². The van der Waals surface area contributed by atoms with Crippen LogP contribution in [0.5, 0.6) is 0 Å². The summed E-state index contributed by atoms with van der Waals surface area (Å²) in [5, 5.41) is 8.56. The molecule has 6 nitrogen and oxygen atoms in total. The van der Waals surface area contributed by atoms with Crippen LogP contribution in [0.2, 0.25) is 0 Å². The average molecular weight is 348 g/mol. The number of sulfonamides is 1. The van der Waals surface area contributed by atoms with Crippen LogP contribution in [-0.2, 0) is 16.4 Å². The number of rotatable bonds is 6. The Balaban J connectivity index is 2.14. The molecule has 1 amide bonds. The quantitative estimate of drug-likeness (QED) is 0.552. The van der Waals surface area contributed by atoms with Gasteiger partial charge in [-0.15, -0.1) is 0 Å². The van der Waals surface area contributed by atoms with Crippen LogP contribution in [0.4, 0.5) is 5.69 Å². The number of hydroxylamine groups is 1. The fraction of sp³-hybridized carbons (Fsp3) is 0.235. The number of amides is 1. The predicted octanol–water partition coefficient (Wildman–Crippen LogP) is 2.80. The highest BCUT2D eigenvalue weighted by molar-refractivity contribution is 7.92. The van der Waals surface area contributed by atoms with Crippen molar-refractivity contribution in [1.82, 2.24) is 5.48 Å². The number of carbonyl (C=O) groups excluding carboxylic acids is 1. The second-order valence-corrected chi connectivity index (χ2v) is 7.55. The fourth-order valence-electron chi connectivity index (χ4n) is 2.24. The summed E-state index contributed by atoms with van der Waals surface area (Å²) in [6.07, 6.45) is 0.891. The van der Waals surface area contributed by atoms with Gasteiger partial charge in [0.25, 0.3) is 15.9 Å². The van der Waals surface area contributed by atoms with Gasteiger partial charge < -0.3 is 0 Å². The Morgan fingerprint density at radius 3 is 2.12 bits per heavy atom. The Hall–Kier alpha value is -2.38. The SMILES string of the molecule is CC(C)Cc1ccc(S(=O)(=O)Nc2ccc(C(=O)NO)cc2)cc1. The third kappa shape index (κ3) is 4.56. The first-order valence-corrected chi connectivity index (χ1v) is 8.96. The third-order valence-electron chi connectivity index (χ3n) is 3.38. The lowest BCUT2D eigenvalue weighted by Crippen LogP contribution is -2.18. The lowest BCUT2D eigenvalue weighted by Gasteiger charge is -2.10. The van der Waals surface area contributed by atoms with Crippen molar-refractivity contribution < 1.29 is 18.4 Å². The first-order chi connectivity index (χ1) is 11.3. The molecule has 2 rings (SSSR count). The minimum Gasteiger partial charge on any atom is -0.288 e. The summed E-state index contributed by atoms with van der Waals surface area (Å²) in [6, 6.07) is 12.5. The molecule has 7 heteroatoms. The zero-order valence-corrected chi connectivity index (χ0v) is 14.3. The minimum absolute atomic E-state index is 0.173. The van der Waals surface area contributed by atoms with E-state index in [1.807, 2.05) is 12.1 Å². The van der Waals surface area contributed by atoms with Crippen molar-refractivity contribution in [2.45, 2.75) is 25.2 Å². The van der Waals surface area contributed by atoms with Gasteiger partial charge in [-0.25, -0.2) is 13.9 Å². The average Bonchev–Trinajstić information content (AvgIpc) is 2.54. The maximum absolute atomic E-state index is 12.4. The number of hydrogen-bond acceptors (Lipinski definition) is 4. The van der Waals surface area contributed by atoms with Crippen molar-refractivity contribution in [2.75, 3.05) is 4.72 Å².